The fourth-order valence-electron chi connectivity index (χ4n) is 3.91. The standard InChI is InChI=1S/C21H25N5O2.CH4/c1-15-12-16(2)20(23-13-15)24-8-10-25(11-9-24)21(28)17-5-6-18(22-14-17)26-7-3-4-19(26)27;/h5-6,12-14H,3-4,7-11H2,1-2H3;1H4. The number of carbonyl (C=O) groups excluding carboxylic acids is 2. The van der Waals surface area contributed by atoms with Crippen molar-refractivity contribution in [1.82, 2.24) is 14.9 Å². The minimum absolute atomic E-state index is 0. The lowest BCUT2D eigenvalue weighted by Crippen LogP contribution is -2.49. The van der Waals surface area contributed by atoms with Gasteiger partial charge in [0.15, 0.2) is 0 Å². The Kier molecular flexibility index (Phi) is 6.15. The number of amides is 2. The fourth-order valence-corrected chi connectivity index (χ4v) is 3.91. The number of pyridine rings is 2. The molecule has 7 nitrogen and oxygen atoms in total. The maximum atomic E-state index is 12.8. The van der Waals surface area contributed by atoms with Crippen LogP contribution in [-0.2, 0) is 4.79 Å². The summed E-state index contributed by atoms with van der Waals surface area (Å²) in [4.78, 5) is 39.3. The average Bonchev–Trinajstić information content (AvgIpc) is 3.14. The first-order valence-electron chi connectivity index (χ1n) is 9.77. The van der Waals surface area contributed by atoms with Crippen molar-refractivity contribution in [1.29, 1.82) is 0 Å². The number of aromatic nitrogens is 2. The second kappa shape index (κ2) is 8.59. The van der Waals surface area contributed by atoms with E-state index in [-0.39, 0.29) is 19.2 Å². The largest absolute Gasteiger partial charge is 0.353 e. The molecule has 4 heterocycles. The Morgan fingerprint density at radius 3 is 2.34 bits per heavy atom. The molecule has 2 aromatic heterocycles. The molecule has 2 amide bonds. The zero-order valence-corrected chi connectivity index (χ0v) is 16.4. The highest BCUT2D eigenvalue weighted by molar-refractivity contribution is 5.96. The third-order valence-corrected chi connectivity index (χ3v) is 5.40. The van der Waals surface area contributed by atoms with E-state index in [1.807, 2.05) is 18.0 Å². The first-order chi connectivity index (χ1) is 13.5. The van der Waals surface area contributed by atoms with E-state index in [0.29, 0.717) is 37.4 Å². The van der Waals surface area contributed by atoms with Crippen LogP contribution < -0.4 is 9.80 Å². The SMILES string of the molecule is C.Cc1cnc(N2CCN(C(=O)c3ccc(N4CCCC4=O)nc3)CC2)c(C)c1. The second-order valence-electron chi connectivity index (χ2n) is 7.49. The quantitative estimate of drug-likeness (QED) is 0.799. The minimum Gasteiger partial charge on any atom is -0.353 e. The Bertz CT molecular complexity index is 889. The summed E-state index contributed by atoms with van der Waals surface area (Å²) in [6.45, 7) is 7.64. The molecule has 7 heteroatoms. The average molecular weight is 396 g/mol. The molecule has 2 aliphatic heterocycles. The normalized spacial score (nSPS) is 16.8. The summed E-state index contributed by atoms with van der Waals surface area (Å²) in [6, 6.07) is 5.68. The summed E-state index contributed by atoms with van der Waals surface area (Å²) in [6.07, 6.45) is 4.91. The van der Waals surface area contributed by atoms with Crippen LogP contribution in [0.4, 0.5) is 11.6 Å². The van der Waals surface area contributed by atoms with Gasteiger partial charge in [0.2, 0.25) is 5.91 Å². The molecule has 29 heavy (non-hydrogen) atoms. The summed E-state index contributed by atoms with van der Waals surface area (Å²) in [5.41, 5.74) is 2.88. The maximum Gasteiger partial charge on any atom is 0.255 e. The molecule has 154 valence electrons. The van der Waals surface area contributed by atoms with E-state index in [4.69, 9.17) is 0 Å². The fraction of sp³-hybridized carbons (Fsp3) is 0.455. The molecule has 0 unspecified atom stereocenters. The predicted octanol–water partition coefficient (Wildman–Crippen LogP) is 2.82. The lowest BCUT2D eigenvalue weighted by Gasteiger charge is -2.36. The van der Waals surface area contributed by atoms with Crippen molar-refractivity contribution < 1.29 is 9.59 Å². The number of hydrogen-bond acceptors (Lipinski definition) is 5. The highest BCUT2D eigenvalue weighted by Crippen LogP contribution is 2.21. The molecular formula is C22H29N5O2. The van der Waals surface area contributed by atoms with Gasteiger partial charge in [-0.25, -0.2) is 9.97 Å². The molecule has 2 fully saturated rings. The lowest BCUT2D eigenvalue weighted by atomic mass is 10.2. The van der Waals surface area contributed by atoms with Gasteiger partial charge in [-0.15, -0.1) is 0 Å². The number of hydrogen-bond donors (Lipinski definition) is 0. The van der Waals surface area contributed by atoms with Gasteiger partial charge in [0.1, 0.15) is 11.6 Å². The van der Waals surface area contributed by atoms with Crippen LogP contribution in [0, 0.1) is 13.8 Å². The smallest absolute Gasteiger partial charge is 0.255 e. The molecule has 2 aromatic rings. The Hall–Kier alpha value is -2.96. The van der Waals surface area contributed by atoms with Crippen molar-refractivity contribution in [3.05, 3.63) is 47.3 Å². The van der Waals surface area contributed by atoms with Gasteiger partial charge in [0.25, 0.3) is 5.91 Å². The molecule has 2 saturated heterocycles. The summed E-state index contributed by atoms with van der Waals surface area (Å²) >= 11 is 0. The van der Waals surface area contributed by atoms with Crippen LogP contribution in [0.5, 0.6) is 0 Å². The van der Waals surface area contributed by atoms with Crippen LogP contribution in [0.25, 0.3) is 0 Å². The van der Waals surface area contributed by atoms with Crippen LogP contribution in [0.3, 0.4) is 0 Å². The van der Waals surface area contributed by atoms with Gasteiger partial charge in [-0.1, -0.05) is 13.5 Å². The molecule has 4 rings (SSSR count). The third-order valence-electron chi connectivity index (χ3n) is 5.40. The van der Waals surface area contributed by atoms with Crippen LogP contribution in [0.2, 0.25) is 0 Å². The van der Waals surface area contributed by atoms with Gasteiger partial charge >= 0.3 is 0 Å². The number of anilines is 2. The molecule has 0 bridgehead atoms. The van der Waals surface area contributed by atoms with Crippen LogP contribution in [-0.4, -0.2) is 59.4 Å². The highest BCUT2D eigenvalue weighted by Gasteiger charge is 2.25. The van der Waals surface area contributed by atoms with Gasteiger partial charge in [0, 0.05) is 51.5 Å². The topological polar surface area (TPSA) is 69.6 Å². The molecule has 0 radical (unpaired) electrons. The van der Waals surface area contributed by atoms with Crippen molar-refractivity contribution in [2.75, 3.05) is 42.5 Å². The van der Waals surface area contributed by atoms with Crippen LogP contribution in [0.1, 0.15) is 41.8 Å². The summed E-state index contributed by atoms with van der Waals surface area (Å²) in [5, 5.41) is 0. The molecular weight excluding hydrogens is 366 g/mol. The van der Waals surface area contributed by atoms with Gasteiger partial charge < -0.3 is 9.80 Å². The summed E-state index contributed by atoms with van der Waals surface area (Å²) < 4.78 is 0. The van der Waals surface area contributed by atoms with Gasteiger partial charge in [-0.05, 0) is 43.5 Å². The van der Waals surface area contributed by atoms with E-state index in [2.05, 4.69) is 27.9 Å². The van der Waals surface area contributed by atoms with Crippen LogP contribution >= 0.6 is 0 Å². The molecule has 0 saturated carbocycles. The number of piperazine rings is 1. The van der Waals surface area contributed by atoms with E-state index in [1.54, 1.807) is 23.2 Å². The van der Waals surface area contributed by atoms with E-state index < -0.39 is 0 Å². The number of rotatable bonds is 3. The van der Waals surface area contributed by atoms with E-state index in [1.165, 1.54) is 0 Å². The number of aryl methyl sites for hydroxylation is 2. The first-order valence-corrected chi connectivity index (χ1v) is 9.77. The molecule has 0 atom stereocenters. The van der Waals surface area contributed by atoms with Gasteiger partial charge in [-0.2, -0.15) is 0 Å². The number of carbonyl (C=O) groups is 2. The van der Waals surface area contributed by atoms with Crippen molar-refractivity contribution in [3.63, 3.8) is 0 Å². The molecule has 2 aliphatic rings. The number of nitrogens with zero attached hydrogens (tertiary/aromatic N) is 5. The van der Waals surface area contributed by atoms with Crippen molar-refractivity contribution >= 4 is 23.5 Å². The molecule has 0 aromatic carbocycles. The van der Waals surface area contributed by atoms with Crippen molar-refractivity contribution in [2.24, 2.45) is 0 Å². The lowest BCUT2D eigenvalue weighted by molar-refractivity contribution is -0.117. The van der Waals surface area contributed by atoms with Gasteiger partial charge in [-0.3, -0.25) is 14.5 Å². The molecule has 0 N–H and O–H groups in total. The Labute approximate surface area is 172 Å². The Balaban J connectivity index is 0.00000240. The molecule has 0 spiro atoms. The minimum atomic E-state index is -0.0139. The first kappa shape index (κ1) is 20.8. The monoisotopic (exact) mass is 395 g/mol. The maximum absolute atomic E-state index is 12.8. The van der Waals surface area contributed by atoms with Crippen molar-refractivity contribution in [2.45, 2.75) is 34.1 Å². The Morgan fingerprint density at radius 2 is 1.76 bits per heavy atom. The van der Waals surface area contributed by atoms with Gasteiger partial charge in [0.05, 0.1) is 5.56 Å². The van der Waals surface area contributed by atoms with Crippen LogP contribution in [0.15, 0.2) is 30.6 Å². The third kappa shape index (κ3) is 4.23. The zero-order chi connectivity index (χ0) is 19.7. The van der Waals surface area contributed by atoms with Crippen molar-refractivity contribution in [3.8, 4) is 0 Å². The zero-order valence-electron chi connectivity index (χ0n) is 16.4. The second-order valence-corrected chi connectivity index (χ2v) is 7.49. The van der Waals surface area contributed by atoms with E-state index in [9.17, 15) is 9.59 Å². The molecule has 0 aliphatic carbocycles. The summed E-state index contributed by atoms with van der Waals surface area (Å²) in [7, 11) is 0. The Morgan fingerprint density at radius 1 is 1.00 bits per heavy atom. The summed E-state index contributed by atoms with van der Waals surface area (Å²) in [5.74, 6) is 1.71. The van der Waals surface area contributed by atoms with E-state index >= 15 is 0 Å². The highest BCUT2D eigenvalue weighted by atomic mass is 16.2. The van der Waals surface area contributed by atoms with E-state index in [0.717, 1.165) is 36.5 Å². The predicted molar refractivity (Wildman–Crippen MR) is 114 cm³/mol.